The second-order valence-electron chi connectivity index (χ2n) is 5.01. The summed E-state index contributed by atoms with van der Waals surface area (Å²) in [4.78, 5) is 0. The molecule has 1 aromatic carbocycles. The third kappa shape index (κ3) is 4.61. The van der Waals surface area contributed by atoms with Gasteiger partial charge in [0.2, 0.25) is 0 Å². The van der Waals surface area contributed by atoms with Crippen LogP contribution >= 0.6 is 0 Å². The number of aryl methyl sites for hydroxylation is 1. The Bertz CT molecular complexity index is 398. The molecule has 1 rings (SSSR count). The van der Waals surface area contributed by atoms with Crippen LogP contribution in [0.2, 0.25) is 0 Å². The van der Waals surface area contributed by atoms with E-state index in [1.807, 2.05) is 26.0 Å². The zero-order valence-electron chi connectivity index (χ0n) is 11.7. The van der Waals surface area contributed by atoms with E-state index in [1.54, 1.807) is 6.07 Å². The molecule has 0 aliphatic heterocycles. The highest BCUT2D eigenvalue weighted by molar-refractivity contribution is 5.26. The van der Waals surface area contributed by atoms with E-state index in [1.165, 1.54) is 11.1 Å². The van der Waals surface area contributed by atoms with Crippen molar-refractivity contribution in [2.24, 2.45) is 0 Å². The summed E-state index contributed by atoms with van der Waals surface area (Å²) < 4.78 is 13.3. The van der Waals surface area contributed by atoms with Gasteiger partial charge in [0, 0.05) is 6.04 Å². The zero-order chi connectivity index (χ0) is 13.5. The minimum Gasteiger partial charge on any atom is -0.310 e. The average Bonchev–Trinajstić information content (AvgIpc) is 2.33. The second kappa shape index (κ2) is 7.32. The number of rotatable bonds is 7. The van der Waals surface area contributed by atoms with E-state index in [0.29, 0.717) is 11.6 Å². The molecule has 0 bridgehead atoms. The van der Waals surface area contributed by atoms with Crippen LogP contribution in [-0.2, 0) is 0 Å². The molecule has 0 amide bonds. The zero-order valence-corrected chi connectivity index (χ0v) is 11.7. The lowest BCUT2D eigenvalue weighted by Gasteiger charge is -2.19. The molecule has 1 unspecified atom stereocenters. The van der Waals surface area contributed by atoms with Crippen LogP contribution in [0.15, 0.2) is 30.4 Å². The highest BCUT2D eigenvalue weighted by atomic mass is 19.1. The van der Waals surface area contributed by atoms with E-state index in [4.69, 9.17) is 0 Å². The second-order valence-corrected chi connectivity index (χ2v) is 5.01. The summed E-state index contributed by atoms with van der Waals surface area (Å²) in [6.07, 6.45) is 3.11. The normalized spacial score (nSPS) is 12.4. The molecule has 0 aliphatic rings. The van der Waals surface area contributed by atoms with Gasteiger partial charge in [0.05, 0.1) is 0 Å². The molecule has 2 heteroatoms. The lowest BCUT2D eigenvalue weighted by atomic mass is 9.98. The van der Waals surface area contributed by atoms with Gasteiger partial charge < -0.3 is 5.32 Å². The van der Waals surface area contributed by atoms with Crippen LogP contribution in [0.1, 0.15) is 50.3 Å². The van der Waals surface area contributed by atoms with Crippen molar-refractivity contribution in [1.82, 2.24) is 5.32 Å². The number of nitrogens with one attached hydrogen (secondary N) is 1. The van der Waals surface area contributed by atoms with Crippen molar-refractivity contribution >= 4 is 0 Å². The van der Waals surface area contributed by atoms with Gasteiger partial charge in [-0.25, -0.2) is 4.39 Å². The average molecular weight is 249 g/mol. The summed E-state index contributed by atoms with van der Waals surface area (Å²) >= 11 is 0. The Morgan fingerprint density at radius 3 is 2.72 bits per heavy atom. The molecule has 0 saturated carbocycles. The van der Waals surface area contributed by atoms with Gasteiger partial charge in [-0.15, -0.1) is 6.58 Å². The summed E-state index contributed by atoms with van der Waals surface area (Å²) in [5.74, 6) is -0.132. The number of halogens is 1. The van der Waals surface area contributed by atoms with Gasteiger partial charge in [0.1, 0.15) is 5.82 Å². The van der Waals surface area contributed by atoms with E-state index in [-0.39, 0.29) is 5.82 Å². The Labute approximate surface area is 110 Å². The molecular formula is C16H24FN. The number of allylic oxidation sites excluding steroid dienone is 1. The van der Waals surface area contributed by atoms with Crippen LogP contribution in [0, 0.1) is 12.7 Å². The van der Waals surface area contributed by atoms with Gasteiger partial charge in [0.15, 0.2) is 0 Å². The molecule has 18 heavy (non-hydrogen) atoms. The van der Waals surface area contributed by atoms with Crippen molar-refractivity contribution in [2.45, 2.75) is 46.1 Å². The van der Waals surface area contributed by atoms with Crippen molar-refractivity contribution in [3.63, 3.8) is 0 Å². The Morgan fingerprint density at radius 2 is 2.17 bits per heavy atom. The molecule has 0 aliphatic carbocycles. The Kier molecular flexibility index (Phi) is 6.06. The summed E-state index contributed by atoms with van der Waals surface area (Å²) in [5.41, 5.74) is 3.08. The van der Waals surface area contributed by atoms with Crippen molar-refractivity contribution in [2.75, 3.05) is 6.54 Å². The molecule has 0 aromatic heterocycles. The van der Waals surface area contributed by atoms with E-state index in [2.05, 4.69) is 18.8 Å². The fourth-order valence-corrected chi connectivity index (χ4v) is 1.98. The van der Waals surface area contributed by atoms with Gasteiger partial charge in [0.25, 0.3) is 0 Å². The van der Waals surface area contributed by atoms with Crippen LogP contribution in [-0.4, -0.2) is 6.54 Å². The first-order valence-electron chi connectivity index (χ1n) is 6.68. The van der Waals surface area contributed by atoms with Crippen LogP contribution in [0.25, 0.3) is 0 Å². The van der Waals surface area contributed by atoms with Crippen LogP contribution < -0.4 is 5.32 Å². The molecular weight excluding hydrogens is 225 g/mol. The first kappa shape index (κ1) is 14.9. The monoisotopic (exact) mass is 249 g/mol. The van der Waals surface area contributed by atoms with Gasteiger partial charge >= 0.3 is 0 Å². The molecule has 100 valence electrons. The lowest BCUT2D eigenvalue weighted by molar-refractivity contribution is 0.497. The van der Waals surface area contributed by atoms with Crippen LogP contribution in [0.5, 0.6) is 0 Å². The standard InChI is InChI=1S/C16H24FN/c1-5-10-18-16(9-6-12(2)3)14-7-8-15(17)13(4)11-14/h7-8,11,16,18H,2,5-6,9-10H2,1,3-4H3. The fraction of sp³-hybridized carbons (Fsp3) is 0.500. The van der Waals surface area contributed by atoms with E-state index >= 15 is 0 Å². The van der Waals surface area contributed by atoms with Crippen molar-refractivity contribution in [3.05, 3.63) is 47.3 Å². The number of benzene rings is 1. The smallest absolute Gasteiger partial charge is 0.126 e. The summed E-state index contributed by atoms with van der Waals surface area (Å²) in [6.45, 7) is 10.9. The Balaban J connectivity index is 2.79. The molecule has 0 fully saturated rings. The SMILES string of the molecule is C=C(C)CCC(NCCC)c1ccc(F)c(C)c1. The highest BCUT2D eigenvalue weighted by Gasteiger charge is 2.11. The fourth-order valence-electron chi connectivity index (χ4n) is 1.98. The van der Waals surface area contributed by atoms with Gasteiger partial charge in [-0.1, -0.05) is 24.6 Å². The summed E-state index contributed by atoms with van der Waals surface area (Å²) in [7, 11) is 0. The largest absolute Gasteiger partial charge is 0.310 e. The van der Waals surface area contributed by atoms with E-state index in [9.17, 15) is 4.39 Å². The van der Waals surface area contributed by atoms with E-state index in [0.717, 1.165) is 25.8 Å². The van der Waals surface area contributed by atoms with Crippen molar-refractivity contribution in [3.8, 4) is 0 Å². The van der Waals surface area contributed by atoms with Crippen molar-refractivity contribution in [1.29, 1.82) is 0 Å². The Morgan fingerprint density at radius 1 is 1.44 bits per heavy atom. The predicted molar refractivity (Wildman–Crippen MR) is 76.2 cm³/mol. The third-order valence-electron chi connectivity index (χ3n) is 3.08. The molecule has 0 saturated heterocycles. The molecule has 1 N–H and O–H groups in total. The minimum atomic E-state index is -0.132. The molecule has 0 heterocycles. The molecule has 0 spiro atoms. The summed E-state index contributed by atoms with van der Waals surface area (Å²) in [5, 5.41) is 3.52. The van der Waals surface area contributed by atoms with Gasteiger partial charge in [-0.05, 0) is 56.8 Å². The van der Waals surface area contributed by atoms with Crippen molar-refractivity contribution < 1.29 is 4.39 Å². The van der Waals surface area contributed by atoms with Gasteiger partial charge in [-0.2, -0.15) is 0 Å². The lowest BCUT2D eigenvalue weighted by Crippen LogP contribution is -2.22. The number of hydrogen-bond acceptors (Lipinski definition) is 1. The quantitative estimate of drug-likeness (QED) is 0.700. The Hall–Kier alpha value is -1.15. The topological polar surface area (TPSA) is 12.0 Å². The summed E-state index contributed by atoms with van der Waals surface area (Å²) in [6, 6.07) is 5.68. The van der Waals surface area contributed by atoms with Gasteiger partial charge in [-0.3, -0.25) is 0 Å². The highest BCUT2D eigenvalue weighted by Crippen LogP contribution is 2.22. The molecule has 1 atom stereocenters. The van der Waals surface area contributed by atoms with Crippen LogP contribution in [0.3, 0.4) is 0 Å². The number of hydrogen-bond donors (Lipinski definition) is 1. The maximum atomic E-state index is 13.3. The maximum Gasteiger partial charge on any atom is 0.126 e. The molecule has 1 aromatic rings. The first-order chi connectivity index (χ1) is 8.54. The van der Waals surface area contributed by atoms with Crippen LogP contribution in [0.4, 0.5) is 4.39 Å². The molecule has 1 nitrogen and oxygen atoms in total. The minimum absolute atomic E-state index is 0.132. The predicted octanol–water partition coefficient (Wildman–Crippen LogP) is 4.53. The first-order valence-corrected chi connectivity index (χ1v) is 6.68. The maximum absolute atomic E-state index is 13.3. The van der Waals surface area contributed by atoms with E-state index < -0.39 is 0 Å². The third-order valence-corrected chi connectivity index (χ3v) is 3.08. The molecule has 0 radical (unpaired) electrons.